The topological polar surface area (TPSA) is 73.6 Å². The Morgan fingerprint density at radius 3 is 2.40 bits per heavy atom. The van der Waals surface area contributed by atoms with E-state index in [0.29, 0.717) is 25.5 Å². The van der Waals surface area contributed by atoms with Crippen molar-refractivity contribution in [3.05, 3.63) is 52.2 Å². The van der Waals surface area contributed by atoms with Crippen molar-refractivity contribution in [2.45, 2.75) is 20.1 Å². The first-order valence-electron chi connectivity index (χ1n) is 6.55. The van der Waals surface area contributed by atoms with Gasteiger partial charge in [-0.1, -0.05) is 30.3 Å². The van der Waals surface area contributed by atoms with Crippen molar-refractivity contribution in [1.29, 1.82) is 0 Å². The van der Waals surface area contributed by atoms with E-state index in [1.165, 1.54) is 0 Å². The van der Waals surface area contributed by atoms with E-state index in [1.807, 2.05) is 32.0 Å². The Labute approximate surface area is 118 Å². The Bertz CT molecular complexity index is 428. The smallest absolute Gasteiger partial charge is 0.258 e. The van der Waals surface area contributed by atoms with Gasteiger partial charge in [0.25, 0.3) is 6.20 Å². The second-order valence-corrected chi connectivity index (χ2v) is 3.92. The molecular formula is C14H20N2O4. The van der Waals surface area contributed by atoms with E-state index in [9.17, 15) is 10.1 Å². The van der Waals surface area contributed by atoms with Gasteiger partial charge in [0.15, 0.2) is 6.29 Å². The summed E-state index contributed by atoms with van der Waals surface area (Å²) in [6.45, 7) is 5.13. The number of benzene rings is 1. The molecule has 1 aromatic carbocycles. The predicted molar refractivity (Wildman–Crippen MR) is 76.5 cm³/mol. The van der Waals surface area contributed by atoms with E-state index >= 15 is 0 Å². The standard InChI is InChI=1S/C14H20N2O4/c1-3-19-14(20-4-2)10-15-13(11-16(17)18)12-8-6-5-7-9-12/h5-9,11,14-15H,3-4,10H2,1-2H3. The number of ether oxygens (including phenoxy) is 2. The molecule has 0 atom stereocenters. The van der Waals surface area contributed by atoms with Crippen LogP contribution in [0.25, 0.3) is 5.70 Å². The van der Waals surface area contributed by atoms with Gasteiger partial charge in [-0.2, -0.15) is 0 Å². The highest BCUT2D eigenvalue weighted by atomic mass is 16.7. The van der Waals surface area contributed by atoms with Gasteiger partial charge in [0.2, 0.25) is 0 Å². The molecule has 0 bridgehead atoms. The highest BCUT2D eigenvalue weighted by Crippen LogP contribution is 2.11. The summed E-state index contributed by atoms with van der Waals surface area (Å²) in [6.07, 6.45) is 0.522. The van der Waals surface area contributed by atoms with Gasteiger partial charge in [-0.3, -0.25) is 10.1 Å². The van der Waals surface area contributed by atoms with Gasteiger partial charge in [-0.25, -0.2) is 0 Å². The SMILES string of the molecule is CCOC(CNC(=C[N+](=O)[O-])c1ccccc1)OCC. The van der Waals surface area contributed by atoms with Crippen LogP contribution < -0.4 is 5.32 Å². The molecule has 6 nitrogen and oxygen atoms in total. The molecule has 0 aliphatic carbocycles. The van der Waals surface area contributed by atoms with Crippen molar-refractivity contribution in [3.8, 4) is 0 Å². The summed E-state index contributed by atoms with van der Waals surface area (Å²) in [7, 11) is 0. The molecule has 1 rings (SSSR count). The Morgan fingerprint density at radius 2 is 1.90 bits per heavy atom. The molecule has 0 aliphatic heterocycles. The highest BCUT2D eigenvalue weighted by Gasteiger charge is 2.11. The summed E-state index contributed by atoms with van der Waals surface area (Å²) in [5, 5.41) is 13.7. The van der Waals surface area contributed by atoms with E-state index in [0.717, 1.165) is 11.8 Å². The molecule has 0 radical (unpaired) electrons. The van der Waals surface area contributed by atoms with Gasteiger partial charge in [-0.15, -0.1) is 0 Å². The van der Waals surface area contributed by atoms with Crippen LogP contribution in [0.1, 0.15) is 19.4 Å². The van der Waals surface area contributed by atoms with Crippen LogP contribution >= 0.6 is 0 Å². The first-order chi connectivity index (χ1) is 9.67. The third-order valence-corrected chi connectivity index (χ3v) is 2.48. The molecule has 0 fully saturated rings. The Kier molecular flexibility index (Phi) is 7.31. The molecule has 1 N–H and O–H groups in total. The molecule has 0 saturated carbocycles. The van der Waals surface area contributed by atoms with Gasteiger partial charge in [0.1, 0.15) is 5.70 Å². The maximum absolute atomic E-state index is 10.7. The van der Waals surface area contributed by atoms with Crippen LogP contribution in [0.3, 0.4) is 0 Å². The normalized spacial score (nSPS) is 11.7. The van der Waals surface area contributed by atoms with Crippen LogP contribution in [-0.4, -0.2) is 31.0 Å². The van der Waals surface area contributed by atoms with Gasteiger partial charge in [0, 0.05) is 18.8 Å². The van der Waals surface area contributed by atoms with Crippen LogP contribution in [0.15, 0.2) is 36.5 Å². The van der Waals surface area contributed by atoms with Crippen molar-refractivity contribution < 1.29 is 14.4 Å². The minimum Gasteiger partial charge on any atom is -0.374 e. The van der Waals surface area contributed by atoms with E-state index in [1.54, 1.807) is 12.1 Å². The van der Waals surface area contributed by atoms with Gasteiger partial charge < -0.3 is 14.8 Å². The van der Waals surface area contributed by atoms with E-state index < -0.39 is 11.2 Å². The summed E-state index contributed by atoms with van der Waals surface area (Å²) < 4.78 is 10.8. The second kappa shape index (κ2) is 9.06. The maximum Gasteiger partial charge on any atom is 0.258 e. The lowest BCUT2D eigenvalue weighted by Gasteiger charge is -2.18. The fourth-order valence-corrected chi connectivity index (χ4v) is 1.68. The third kappa shape index (κ3) is 5.81. The molecule has 0 unspecified atom stereocenters. The van der Waals surface area contributed by atoms with Crippen LogP contribution in [0.2, 0.25) is 0 Å². The zero-order valence-corrected chi connectivity index (χ0v) is 11.7. The summed E-state index contributed by atoms with van der Waals surface area (Å²) in [5.41, 5.74) is 1.18. The van der Waals surface area contributed by atoms with E-state index in [2.05, 4.69) is 5.32 Å². The molecule has 110 valence electrons. The van der Waals surface area contributed by atoms with Crippen LogP contribution in [0.5, 0.6) is 0 Å². The number of hydrogen-bond donors (Lipinski definition) is 1. The first-order valence-corrected chi connectivity index (χ1v) is 6.55. The fraction of sp³-hybridized carbons (Fsp3) is 0.429. The monoisotopic (exact) mass is 280 g/mol. The number of nitrogens with one attached hydrogen (secondary N) is 1. The minimum absolute atomic E-state index is 0.343. The van der Waals surface area contributed by atoms with Crippen molar-refractivity contribution in [2.75, 3.05) is 19.8 Å². The molecule has 20 heavy (non-hydrogen) atoms. The van der Waals surface area contributed by atoms with Crippen molar-refractivity contribution in [2.24, 2.45) is 0 Å². The number of hydrogen-bond acceptors (Lipinski definition) is 5. The largest absolute Gasteiger partial charge is 0.374 e. The molecule has 6 heteroatoms. The fourth-order valence-electron chi connectivity index (χ4n) is 1.68. The van der Waals surface area contributed by atoms with Crippen molar-refractivity contribution >= 4 is 5.70 Å². The van der Waals surface area contributed by atoms with E-state index in [4.69, 9.17) is 9.47 Å². The molecule has 0 aliphatic rings. The average Bonchev–Trinajstić information content (AvgIpc) is 2.44. The zero-order chi connectivity index (χ0) is 14.8. The molecular weight excluding hydrogens is 260 g/mol. The summed E-state index contributed by atoms with van der Waals surface area (Å²) >= 11 is 0. The number of rotatable bonds is 9. The Hall–Kier alpha value is -1.92. The first kappa shape index (κ1) is 16.1. The molecule has 0 saturated heterocycles. The number of nitro groups is 1. The number of nitrogens with zero attached hydrogens (tertiary/aromatic N) is 1. The molecule has 0 heterocycles. The Balaban J connectivity index is 2.73. The molecule has 0 amide bonds. The predicted octanol–water partition coefficient (Wildman–Crippen LogP) is 2.25. The molecule has 0 aromatic heterocycles. The van der Waals surface area contributed by atoms with Gasteiger partial charge >= 0.3 is 0 Å². The molecule has 1 aromatic rings. The molecule has 0 spiro atoms. The lowest BCUT2D eigenvalue weighted by molar-refractivity contribution is -0.401. The van der Waals surface area contributed by atoms with E-state index in [-0.39, 0.29) is 0 Å². The van der Waals surface area contributed by atoms with Crippen LogP contribution in [0, 0.1) is 10.1 Å². The van der Waals surface area contributed by atoms with Crippen molar-refractivity contribution in [3.63, 3.8) is 0 Å². The summed E-state index contributed by atoms with van der Waals surface area (Å²) in [4.78, 5) is 10.2. The summed E-state index contributed by atoms with van der Waals surface area (Å²) in [6, 6.07) is 9.12. The average molecular weight is 280 g/mol. The maximum atomic E-state index is 10.7. The van der Waals surface area contributed by atoms with Gasteiger partial charge in [-0.05, 0) is 13.8 Å². The van der Waals surface area contributed by atoms with Gasteiger partial charge in [0.05, 0.1) is 11.5 Å². The summed E-state index contributed by atoms with van der Waals surface area (Å²) in [5.74, 6) is 0. The van der Waals surface area contributed by atoms with Crippen LogP contribution in [-0.2, 0) is 9.47 Å². The lowest BCUT2D eigenvalue weighted by atomic mass is 10.1. The minimum atomic E-state index is -0.480. The Morgan fingerprint density at radius 1 is 1.30 bits per heavy atom. The zero-order valence-electron chi connectivity index (χ0n) is 11.7. The second-order valence-electron chi connectivity index (χ2n) is 3.92. The highest BCUT2D eigenvalue weighted by molar-refractivity contribution is 5.62. The van der Waals surface area contributed by atoms with Crippen molar-refractivity contribution in [1.82, 2.24) is 5.32 Å². The third-order valence-electron chi connectivity index (χ3n) is 2.48. The lowest BCUT2D eigenvalue weighted by Crippen LogP contribution is -2.31. The quantitative estimate of drug-likeness (QED) is 0.426. The van der Waals surface area contributed by atoms with Crippen LogP contribution in [0.4, 0.5) is 0 Å².